The molecule has 20 heavy (non-hydrogen) atoms. The molecule has 1 aliphatic rings. The SMILES string of the molecule is NCC1(Cc2cccc(Cl)c2F)Cc2ccccc2C1. The highest BCUT2D eigenvalue weighted by atomic mass is 35.5. The second-order valence-corrected chi connectivity index (χ2v) is 6.12. The van der Waals surface area contributed by atoms with Crippen LogP contribution in [-0.4, -0.2) is 6.54 Å². The van der Waals surface area contributed by atoms with Crippen LogP contribution in [0.2, 0.25) is 5.02 Å². The van der Waals surface area contributed by atoms with Crippen LogP contribution in [-0.2, 0) is 19.3 Å². The van der Waals surface area contributed by atoms with E-state index in [0.717, 1.165) is 12.8 Å². The second-order valence-electron chi connectivity index (χ2n) is 5.72. The zero-order valence-electron chi connectivity index (χ0n) is 11.2. The molecule has 0 spiro atoms. The maximum absolute atomic E-state index is 14.1. The molecule has 0 saturated heterocycles. The molecule has 2 N–H and O–H groups in total. The summed E-state index contributed by atoms with van der Waals surface area (Å²) in [6.45, 7) is 0.549. The van der Waals surface area contributed by atoms with E-state index in [1.807, 2.05) is 18.2 Å². The number of fused-ring (bicyclic) bond motifs is 1. The van der Waals surface area contributed by atoms with Gasteiger partial charge < -0.3 is 5.73 Å². The standard InChI is InChI=1S/C17H17ClFN/c18-15-7-3-6-14(16(15)19)10-17(11-20)8-12-4-1-2-5-13(12)9-17/h1-7H,8-11,20H2. The van der Waals surface area contributed by atoms with Gasteiger partial charge in [-0.2, -0.15) is 0 Å². The Morgan fingerprint density at radius 3 is 2.30 bits per heavy atom. The summed E-state index contributed by atoms with van der Waals surface area (Å²) >= 11 is 5.87. The predicted molar refractivity (Wildman–Crippen MR) is 80.5 cm³/mol. The van der Waals surface area contributed by atoms with Gasteiger partial charge in [0.05, 0.1) is 5.02 Å². The predicted octanol–water partition coefficient (Wildman–Crippen LogP) is 3.77. The molecule has 0 atom stereocenters. The van der Waals surface area contributed by atoms with Crippen molar-refractivity contribution in [2.75, 3.05) is 6.54 Å². The van der Waals surface area contributed by atoms with Gasteiger partial charge in [-0.15, -0.1) is 0 Å². The lowest BCUT2D eigenvalue weighted by Gasteiger charge is -2.27. The highest BCUT2D eigenvalue weighted by Crippen LogP contribution is 2.39. The fraction of sp³-hybridized carbons (Fsp3) is 0.294. The van der Waals surface area contributed by atoms with Crippen molar-refractivity contribution in [1.82, 2.24) is 0 Å². The fourth-order valence-corrected chi connectivity index (χ4v) is 3.40. The molecular formula is C17H17ClFN. The van der Waals surface area contributed by atoms with Crippen molar-refractivity contribution in [3.63, 3.8) is 0 Å². The Hall–Kier alpha value is -1.38. The monoisotopic (exact) mass is 289 g/mol. The second kappa shape index (κ2) is 5.19. The minimum atomic E-state index is -0.307. The molecule has 0 heterocycles. The van der Waals surface area contributed by atoms with Crippen LogP contribution in [0.25, 0.3) is 0 Å². The maximum atomic E-state index is 14.1. The minimum absolute atomic E-state index is 0.0881. The lowest BCUT2D eigenvalue weighted by atomic mass is 9.79. The van der Waals surface area contributed by atoms with Gasteiger partial charge in [0.2, 0.25) is 0 Å². The molecule has 0 aliphatic heterocycles. The summed E-state index contributed by atoms with van der Waals surface area (Å²) in [5.74, 6) is -0.307. The third-order valence-corrected chi connectivity index (χ3v) is 4.57. The van der Waals surface area contributed by atoms with Crippen molar-refractivity contribution >= 4 is 11.6 Å². The van der Waals surface area contributed by atoms with E-state index in [1.165, 1.54) is 11.1 Å². The molecule has 0 bridgehead atoms. The summed E-state index contributed by atoms with van der Waals surface area (Å²) < 4.78 is 14.1. The van der Waals surface area contributed by atoms with E-state index in [9.17, 15) is 4.39 Å². The number of hydrogen-bond acceptors (Lipinski definition) is 1. The molecule has 3 rings (SSSR count). The van der Waals surface area contributed by atoms with Crippen LogP contribution in [0.1, 0.15) is 16.7 Å². The molecule has 0 aromatic heterocycles. The third-order valence-electron chi connectivity index (χ3n) is 4.28. The number of halogens is 2. The summed E-state index contributed by atoms with van der Waals surface area (Å²) in [6.07, 6.45) is 2.45. The zero-order chi connectivity index (χ0) is 14.2. The van der Waals surface area contributed by atoms with Gasteiger partial charge in [0, 0.05) is 0 Å². The normalized spacial score (nSPS) is 16.1. The number of benzene rings is 2. The first-order valence-electron chi connectivity index (χ1n) is 6.83. The van der Waals surface area contributed by atoms with E-state index in [-0.39, 0.29) is 16.3 Å². The van der Waals surface area contributed by atoms with Crippen LogP contribution >= 0.6 is 11.6 Å². The molecule has 0 amide bonds. The molecular weight excluding hydrogens is 273 g/mol. The van der Waals surface area contributed by atoms with Crippen molar-refractivity contribution in [2.24, 2.45) is 11.1 Å². The van der Waals surface area contributed by atoms with E-state index >= 15 is 0 Å². The van der Waals surface area contributed by atoms with Gasteiger partial charge in [-0.25, -0.2) is 4.39 Å². The molecule has 2 aromatic carbocycles. The van der Waals surface area contributed by atoms with Crippen molar-refractivity contribution in [3.05, 3.63) is 70.0 Å². The summed E-state index contributed by atoms with van der Waals surface area (Å²) in [5, 5.41) is 0.185. The Kier molecular flexibility index (Phi) is 3.53. The third kappa shape index (κ3) is 2.34. The van der Waals surface area contributed by atoms with E-state index in [4.69, 9.17) is 17.3 Å². The highest BCUT2D eigenvalue weighted by Gasteiger charge is 2.36. The first-order chi connectivity index (χ1) is 9.63. The molecule has 2 aromatic rings. The Bertz CT molecular complexity index is 614. The average molecular weight is 290 g/mol. The summed E-state index contributed by atoms with van der Waals surface area (Å²) in [7, 11) is 0. The topological polar surface area (TPSA) is 26.0 Å². The van der Waals surface area contributed by atoms with E-state index in [1.54, 1.807) is 12.1 Å². The minimum Gasteiger partial charge on any atom is -0.330 e. The molecule has 104 valence electrons. The van der Waals surface area contributed by atoms with Crippen molar-refractivity contribution in [1.29, 1.82) is 0 Å². The molecule has 0 fully saturated rings. The largest absolute Gasteiger partial charge is 0.330 e. The summed E-state index contributed by atoms with van der Waals surface area (Å²) in [6, 6.07) is 13.6. The molecule has 0 unspecified atom stereocenters. The van der Waals surface area contributed by atoms with Crippen LogP contribution in [0.4, 0.5) is 4.39 Å². The highest BCUT2D eigenvalue weighted by molar-refractivity contribution is 6.30. The van der Waals surface area contributed by atoms with Gasteiger partial charge in [-0.05, 0) is 54.0 Å². The van der Waals surface area contributed by atoms with Gasteiger partial charge in [0.1, 0.15) is 5.82 Å². The Morgan fingerprint density at radius 2 is 1.70 bits per heavy atom. The van der Waals surface area contributed by atoms with Gasteiger partial charge in [0.15, 0.2) is 0 Å². The van der Waals surface area contributed by atoms with Crippen LogP contribution in [0, 0.1) is 11.2 Å². The fourth-order valence-electron chi connectivity index (χ4n) is 3.20. The van der Waals surface area contributed by atoms with Crippen LogP contribution in [0.3, 0.4) is 0 Å². The zero-order valence-corrected chi connectivity index (χ0v) is 12.0. The van der Waals surface area contributed by atoms with Gasteiger partial charge in [0.25, 0.3) is 0 Å². The van der Waals surface area contributed by atoms with Crippen LogP contribution in [0.15, 0.2) is 42.5 Å². The van der Waals surface area contributed by atoms with E-state index in [0.29, 0.717) is 18.5 Å². The van der Waals surface area contributed by atoms with E-state index < -0.39 is 0 Å². The molecule has 0 saturated carbocycles. The first kappa shape index (κ1) is 13.6. The number of nitrogens with two attached hydrogens (primary N) is 1. The Labute approximate surface area is 123 Å². The van der Waals surface area contributed by atoms with Gasteiger partial charge in [-0.3, -0.25) is 0 Å². The van der Waals surface area contributed by atoms with Crippen molar-refractivity contribution in [2.45, 2.75) is 19.3 Å². The average Bonchev–Trinajstić information content (AvgIpc) is 2.83. The molecule has 3 heteroatoms. The van der Waals surface area contributed by atoms with Gasteiger partial charge in [-0.1, -0.05) is 48.0 Å². The number of hydrogen-bond donors (Lipinski definition) is 1. The molecule has 1 aliphatic carbocycles. The smallest absolute Gasteiger partial charge is 0.144 e. The summed E-state index contributed by atoms with van der Waals surface area (Å²) in [5.41, 5.74) is 9.27. The Balaban J connectivity index is 1.91. The summed E-state index contributed by atoms with van der Waals surface area (Å²) in [4.78, 5) is 0. The Morgan fingerprint density at radius 1 is 1.05 bits per heavy atom. The molecule has 0 radical (unpaired) electrons. The lowest BCUT2D eigenvalue weighted by molar-refractivity contribution is 0.310. The van der Waals surface area contributed by atoms with Crippen molar-refractivity contribution in [3.8, 4) is 0 Å². The lowest BCUT2D eigenvalue weighted by Crippen LogP contribution is -2.34. The van der Waals surface area contributed by atoms with Crippen molar-refractivity contribution < 1.29 is 4.39 Å². The quantitative estimate of drug-likeness (QED) is 0.915. The van der Waals surface area contributed by atoms with Crippen LogP contribution in [0.5, 0.6) is 0 Å². The maximum Gasteiger partial charge on any atom is 0.144 e. The number of rotatable bonds is 3. The van der Waals surface area contributed by atoms with E-state index in [2.05, 4.69) is 12.1 Å². The molecule has 1 nitrogen and oxygen atoms in total. The van der Waals surface area contributed by atoms with Gasteiger partial charge >= 0.3 is 0 Å². The first-order valence-corrected chi connectivity index (χ1v) is 7.21. The van der Waals surface area contributed by atoms with Crippen LogP contribution < -0.4 is 5.73 Å².